The van der Waals surface area contributed by atoms with E-state index in [9.17, 15) is 9.59 Å². The topological polar surface area (TPSA) is 83.4 Å². The molecular formula is C20H21N3O3. The highest BCUT2D eigenvalue weighted by atomic mass is 16.3. The predicted octanol–water partition coefficient (Wildman–Crippen LogP) is 4.66. The van der Waals surface area contributed by atoms with Crippen molar-refractivity contribution in [3.05, 3.63) is 60.4 Å². The highest BCUT2D eigenvalue weighted by Gasteiger charge is 2.14. The number of benzene rings is 2. The molecule has 3 rings (SSSR count). The van der Waals surface area contributed by atoms with E-state index in [1.807, 2.05) is 37.3 Å². The lowest BCUT2D eigenvalue weighted by molar-refractivity contribution is -0.115. The van der Waals surface area contributed by atoms with E-state index in [-0.39, 0.29) is 18.0 Å². The van der Waals surface area contributed by atoms with E-state index >= 15 is 0 Å². The maximum absolute atomic E-state index is 12.2. The van der Waals surface area contributed by atoms with Gasteiger partial charge in [0.05, 0.1) is 6.04 Å². The van der Waals surface area contributed by atoms with Crippen molar-refractivity contribution < 1.29 is 14.0 Å². The number of hydrogen-bond acceptors (Lipinski definition) is 3. The summed E-state index contributed by atoms with van der Waals surface area (Å²) in [4.78, 5) is 23.7. The number of furan rings is 1. The zero-order chi connectivity index (χ0) is 18.5. The fraction of sp³-hybridized carbons (Fsp3) is 0.200. The van der Waals surface area contributed by atoms with E-state index in [0.717, 1.165) is 11.0 Å². The third kappa shape index (κ3) is 4.22. The summed E-state index contributed by atoms with van der Waals surface area (Å²) in [5.74, 6) is 0.607. The van der Waals surface area contributed by atoms with Gasteiger partial charge in [-0.05, 0) is 37.3 Å². The second-order valence-electron chi connectivity index (χ2n) is 5.99. The van der Waals surface area contributed by atoms with Crippen molar-refractivity contribution in [2.24, 2.45) is 0 Å². The van der Waals surface area contributed by atoms with Gasteiger partial charge in [-0.15, -0.1) is 0 Å². The van der Waals surface area contributed by atoms with Gasteiger partial charge in [0.1, 0.15) is 11.3 Å². The van der Waals surface area contributed by atoms with Crippen LogP contribution in [0.15, 0.2) is 59.0 Å². The smallest absolute Gasteiger partial charge is 0.319 e. The first kappa shape index (κ1) is 17.5. The van der Waals surface area contributed by atoms with Crippen LogP contribution in [0.5, 0.6) is 0 Å². The summed E-state index contributed by atoms with van der Waals surface area (Å²) in [5, 5.41) is 9.37. The van der Waals surface area contributed by atoms with Crippen LogP contribution in [0, 0.1) is 0 Å². The fourth-order valence-electron chi connectivity index (χ4n) is 2.57. The van der Waals surface area contributed by atoms with Crippen LogP contribution in [-0.2, 0) is 4.79 Å². The standard InChI is InChI=1S/C20H21N3O3/c1-3-19(24)22-15-8-6-9-16(12-15)23-20(25)21-13(2)18-11-14-7-4-5-10-17(14)26-18/h4-13H,3H2,1-2H3,(H,22,24)(H2,21,23,25)/t13-/m0/s1. The first-order valence-corrected chi connectivity index (χ1v) is 8.51. The molecule has 1 aromatic heterocycles. The van der Waals surface area contributed by atoms with Gasteiger partial charge in [0.2, 0.25) is 5.91 Å². The van der Waals surface area contributed by atoms with Crippen molar-refractivity contribution in [2.75, 3.05) is 10.6 Å². The van der Waals surface area contributed by atoms with Gasteiger partial charge in [-0.1, -0.05) is 31.2 Å². The monoisotopic (exact) mass is 351 g/mol. The molecule has 2 aromatic carbocycles. The van der Waals surface area contributed by atoms with Gasteiger partial charge in [-0.25, -0.2) is 4.79 Å². The Bertz CT molecular complexity index is 900. The molecule has 0 fully saturated rings. The van der Waals surface area contributed by atoms with Crippen molar-refractivity contribution in [3.63, 3.8) is 0 Å². The molecule has 0 bridgehead atoms. The van der Waals surface area contributed by atoms with Crippen LogP contribution in [0.4, 0.5) is 16.2 Å². The normalized spacial score (nSPS) is 11.8. The average Bonchev–Trinajstić information content (AvgIpc) is 3.06. The summed E-state index contributed by atoms with van der Waals surface area (Å²) in [5.41, 5.74) is 2.02. The number of amides is 3. The van der Waals surface area contributed by atoms with Gasteiger partial charge in [0.15, 0.2) is 0 Å². The summed E-state index contributed by atoms with van der Waals surface area (Å²) < 4.78 is 5.77. The highest BCUT2D eigenvalue weighted by Crippen LogP contribution is 2.23. The van der Waals surface area contributed by atoms with Gasteiger partial charge in [0.25, 0.3) is 0 Å². The van der Waals surface area contributed by atoms with Crippen LogP contribution in [0.25, 0.3) is 11.0 Å². The summed E-state index contributed by atoms with van der Waals surface area (Å²) in [6.45, 7) is 3.64. The zero-order valence-electron chi connectivity index (χ0n) is 14.7. The number of para-hydroxylation sites is 1. The van der Waals surface area contributed by atoms with Gasteiger partial charge >= 0.3 is 6.03 Å². The summed E-state index contributed by atoms with van der Waals surface area (Å²) in [6.07, 6.45) is 0.396. The minimum atomic E-state index is -0.350. The Hall–Kier alpha value is -3.28. The van der Waals surface area contributed by atoms with Crippen LogP contribution in [0.3, 0.4) is 0 Å². The molecule has 0 aliphatic carbocycles. The third-order valence-electron chi connectivity index (χ3n) is 3.94. The van der Waals surface area contributed by atoms with Gasteiger partial charge in [0, 0.05) is 23.2 Å². The fourth-order valence-corrected chi connectivity index (χ4v) is 2.57. The van der Waals surface area contributed by atoms with Gasteiger partial charge in [-0.3, -0.25) is 4.79 Å². The quantitative estimate of drug-likeness (QED) is 0.625. The lowest BCUT2D eigenvalue weighted by atomic mass is 10.2. The first-order chi connectivity index (χ1) is 12.5. The van der Waals surface area contributed by atoms with Crippen molar-refractivity contribution in [1.82, 2.24) is 5.32 Å². The third-order valence-corrected chi connectivity index (χ3v) is 3.94. The number of hydrogen-bond donors (Lipinski definition) is 3. The molecule has 3 amide bonds. The molecule has 0 spiro atoms. The zero-order valence-corrected chi connectivity index (χ0v) is 14.7. The number of fused-ring (bicyclic) bond motifs is 1. The number of urea groups is 1. The Morgan fingerprint density at radius 1 is 1.00 bits per heavy atom. The Morgan fingerprint density at radius 2 is 1.73 bits per heavy atom. The Labute approximate surface area is 151 Å². The maximum atomic E-state index is 12.2. The Balaban J connectivity index is 1.63. The Morgan fingerprint density at radius 3 is 2.46 bits per heavy atom. The van der Waals surface area contributed by atoms with E-state index in [0.29, 0.717) is 23.6 Å². The molecule has 3 aromatic rings. The molecule has 1 atom stereocenters. The van der Waals surface area contributed by atoms with Gasteiger partial charge < -0.3 is 20.4 Å². The lowest BCUT2D eigenvalue weighted by Crippen LogP contribution is -2.31. The van der Waals surface area contributed by atoms with Crippen molar-refractivity contribution in [3.8, 4) is 0 Å². The SMILES string of the molecule is CCC(=O)Nc1cccc(NC(=O)N[C@@H](C)c2cc3ccccc3o2)c1. The van der Waals surface area contributed by atoms with Crippen LogP contribution in [0.2, 0.25) is 0 Å². The number of nitrogens with one attached hydrogen (secondary N) is 3. The number of rotatable bonds is 5. The molecule has 6 nitrogen and oxygen atoms in total. The molecule has 3 N–H and O–H groups in total. The number of carbonyl (C=O) groups excluding carboxylic acids is 2. The molecule has 0 aliphatic rings. The van der Waals surface area contributed by atoms with Gasteiger partial charge in [-0.2, -0.15) is 0 Å². The second kappa shape index (κ2) is 7.74. The summed E-state index contributed by atoms with van der Waals surface area (Å²) >= 11 is 0. The highest BCUT2D eigenvalue weighted by molar-refractivity contribution is 5.93. The van der Waals surface area contributed by atoms with Crippen LogP contribution in [0.1, 0.15) is 32.1 Å². The molecule has 134 valence electrons. The minimum Gasteiger partial charge on any atom is -0.459 e. The molecule has 1 heterocycles. The van der Waals surface area contributed by atoms with Crippen molar-refractivity contribution in [2.45, 2.75) is 26.3 Å². The van der Waals surface area contributed by atoms with E-state index in [2.05, 4.69) is 16.0 Å². The maximum Gasteiger partial charge on any atom is 0.319 e. The average molecular weight is 351 g/mol. The summed E-state index contributed by atoms with van der Waals surface area (Å²) in [7, 11) is 0. The van der Waals surface area contributed by atoms with Crippen molar-refractivity contribution >= 4 is 34.3 Å². The molecule has 6 heteroatoms. The molecular weight excluding hydrogens is 330 g/mol. The molecule has 0 unspecified atom stereocenters. The number of carbonyl (C=O) groups is 2. The van der Waals surface area contributed by atoms with E-state index in [4.69, 9.17) is 4.42 Å². The first-order valence-electron chi connectivity index (χ1n) is 8.51. The molecule has 26 heavy (non-hydrogen) atoms. The molecule has 0 saturated heterocycles. The molecule has 0 radical (unpaired) electrons. The largest absolute Gasteiger partial charge is 0.459 e. The lowest BCUT2D eigenvalue weighted by Gasteiger charge is -2.13. The Kier molecular flexibility index (Phi) is 5.22. The van der Waals surface area contributed by atoms with Crippen molar-refractivity contribution in [1.29, 1.82) is 0 Å². The predicted molar refractivity (Wildman–Crippen MR) is 102 cm³/mol. The summed E-state index contributed by atoms with van der Waals surface area (Å²) in [6, 6.07) is 16.0. The molecule has 0 aliphatic heterocycles. The second-order valence-corrected chi connectivity index (χ2v) is 5.99. The number of anilines is 2. The molecule has 0 saturated carbocycles. The van der Waals surface area contributed by atoms with Crippen LogP contribution in [-0.4, -0.2) is 11.9 Å². The van der Waals surface area contributed by atoms with E-state index in [1.165, 1.54) is 0 Å². The van der Waals surface area contributed by atoms with E-state index in [1.54, 1.807) is 31.2 Å². The van der Waals surface area contributed by atoms with Crippen LogP contribution >= 0.6 is 0 Å². The van der Waals surface area contributed by atoms with E-state index < -0.39 is 0 Å². The minimum absolute atomic E-state index is 0.0786. The van der Waals surface area contributed by atoms with Crippen LogP contribution < -0.4 is 16.0 Å².